The second-order valence-corrected chi connectivity index (χ2v) is 2.08. The Kier molecular flexibility index (Phi) is 4.54. The van der Waals surface area contributed by atoms with Crippen LogP contribution in [0.15, 0.2) is 18.2 Å². The Morgan fingerprint density at radius 3 is 2.64 bits per heavy atom. The maximum Gasteiger partial charge on any atom is 0.247 e. The number of carbonyl (C=O) groups is 1. The van der Waals surface area contributed by atoms with E-state index in [9.17, 15) is 4.79 Å². The molecule has 3 heteroatoms. The molecular formula is C8H7O2Y-. The number of benzene rings is 1. The zero-order valence-electron chi connectivity index (χ0n) is 6.16. The van der Waals surface area contributed by atoms with Crippen molar-refractivity contribution in [2.75, 3.05) is 0 Å². The van der Waals surface area contributed by atoms with E-state index in [1.807, 2.05) is 13.0 Å². The zero-order chi connectivity index (χ0) is 7.56. The second-order valence-electron chi connectivity index (χ2n) is 2.08. The fraction of sp³-hybridized carbons (Fsp3) is 0.125. The summed E-state index contributed by atoms with van der Waals surface area (Å²) < 4.78 is 0. The maximum absolute atomic E-state index is 10.3. The van der Waals surface area contributed by atoms with E-state index < -0.39 is 5.97 Å². The molecule has 0 atom stereocenters. The number of carboxylic acid groups (broad SMARTS) is 1. The summed E-state index contributed by atoms with van der Waals surface area (Å²) in [6, 6.07) is 7.62. The Balaban J connectivity index is 0.000001000. The third kappa shape index (κ3) is 3.13. The van der Waals surface area contributed by atoms with Crippen LogP contribution in [0.3, 0.4) is 0 Å². The molecule has 0 heterocycles. The average Bonchev–Trinajstić information content (AvgIpc) is 1.88. The van der Waals surface area contributed by atoms with Crippen LogP contribution in [0.25, 0.3) is 0 Å². The molecule has 1 radical (unpaired) electrons. The van der Waals surface area contributed by atoms with Crippen molar-refractivity contribution in [1.82, 2.24) is 0 Å². The number of aryl methyl sites for hydroxylation is 1. The third-order valence-electron chi connectivity index (χ3n) is 1.19. The minimum atomic E-state index is -0.927. The quantitative estimate of drug-likeness (QED) is 0.733. The van der Waals surface area contributed by atoms with E-state index in [0.717, 1.165) is 5.56 Å². The van der Waals surface area contributed by atoms with E-state index in [-0.39, 0.29) is 38.3 Å². The van der Waals surface area contributed by atoms with Crippen LogP contribution >= 0.6 is 0 Å². The second kappa shape index (κ2) is 4.63. The molecule has 0 spiro atoms. The minimum absolute atomic E-state index is 0. The van der Waals surface area contributed by atoms with Crippen LogP contribution < -0.4 is 0 Å². The Morgan fingerprint density at radius 2 is 2.27 bits per heavy atom. The normalized spacial score (nSPS) is 8.45. The van der Waals surface area contributed by atoms with Crippen molar-refractivity contribution in [3.05, 3.63) is 35.4 Å². The molecule has 0 aliphatic carbocycles. The van der Waals surface area contributed by atoms with Crippen LogP contribution in [0, 0.1) is 13.0 Å². The molecule has 0 amide bonds. The van der Waals surface area contributed by atoms with E-state index in [0.29, 0.717) is 0 Å². The standard InChI is InChI=1S/C8H7O2.Y/c1-6-3-2-4-7(5-6)8(9)10;/h2-3,5H,1H3,(H,9,10);/q-1;. The van der Waals surface area contributed by atoms with E-state index >= 15 is 0 Å². The molecule has 0 bridgehead atoms. The van der Waals surface area contributed by atoms with E-state index in [2.05, 4.69) is 6.07 Å². The van der Waals surface area contributed by atoms with Crippen molar-refractivity contribution >= 4 is 5.97 Å². The monoisotopic (exact) mass is 224 g/mol. The van der Waals surface area contributed by atoms with Crippen LogP contribution in [0.2, 0.25) is 0 Å². The molecule has 0 unspecified atom stereocenters. The molecule has 0 saturated carbocycles. The van der Waals surface area contributed by atoms with Gasteiger partial charge in [-0.05, 0) is 0 Å². The number of rotatable bonds is 1. The predicted octanol–water partition coefficient (Wildman–Crippen LogP) is 1.49. The Morgan fingerprint density at radius 1 is 1.64 bits per heavy atom. The number of aromatic carboxylic acids is 1. The van der Waals surface area contributed by atoms with Gasteiger partial charge < -0.3 is 9.90 Å². The molecule has 1 aromatic rings. The predicted molar refractivity (Wildman–Crippen MR) is 37.0 cm³/mol. The minimum Gasteiger partial charge on any atom is -0.521 e. The fourth-order valence-electron chi connectivity index (χ4n) is 0.704. The summed E-state index contributed by atoms with van der Waals surface area (Å²) in [5, 5.41) is 8.48. The first-order chi connectivity index (χ1) is 4.70. The summed E-state index contributed by atoms with van der Waals surface area (Å²) in [4.78, 5) is 10.3. The van der Waals surface area contributed by atoms with Crippen LogP contribution in [-0.2, 0) is 32.7 Å². The summed E-state index contributed by atoms with van der Waals surface area (Å²) in [5.41, 5.74) is 1.16. The van der Waals surface area contributed by atoms with E-state index in [1.165, 1.54) is 0 Å². The molecule has 0 saturated heterocycles. The van der Waals surface area contributed by atoms with Gasteiger partial charge in [0.15, 0.2) is 0 Å². The first-order valence-electron chi connectivity index (χ1n) is 2.92. The smallest absolute Gasteiger partial charge is 0.247 e. The molecule has 1 rings (SSSR count). The van der Waals surface area contributed by atoms with Gasteiger partial charge in [0.25, 0.3) is 0 Å². The molecule has 2 nitrogen and oxygen atoms in total. The van der Waals surface area contributed by atoms with Crippen LogP contribution in [0.4, 0.5) is 0 Å². The fourth-order valence-corrected chi connectivity index (χ4v) is 0.704. The molecule has 11 heavy (non-hydrogen) atoms. The number of carboxylic acids is 1. The van der Waals surface area contributed by atoms with Crippen molar-refractivity contribution in [2.45, 2.75) is 6.92 Å². The van der Waals surface area contributed by atoms with Gasteiger partial charge in [-0.25, -0.2) is 0 Å². The summed E-state index contributed by atoms with van der Waals surface area (Å²) in [5.74, 6) is -0.927. The van der Waals surface area contributed by atoms with Gasteiger partial charge in [-0.1, -0.05) is 12.5 Å². The third-order valence-corrected chi connectivity index (χ3v) is 1.19. The molecule has 0 aliphatic rings. The first-order valence-corrected chi connectivity index (χ1v) is 2.92. The number of hydrogen-bond acceptors (Lipinski definition) is 1. The van der Waals surface area contributed by atoms with Gasteiger partial charge in [-0.15, -0.1) is 29.8 Å². The molecule has 0 aliphatic heterocycles. The first kappa shape index (κ1) is 10.8. The van der Waals surface area contributed by atoms with Crippen molar-refractivity contribution in [3.63, 3.8) is 0 Å². The van der Waals surface area contributed by atoms with Gasteiger partial charge in [0.2, 0.25) is 5.97 Å². The molecule has 1 aromatic carbocycles. The van der Waals surface area contributed by atoms with Crippen molar-refractivity contribution in [2.24, 2.45) is 0 Å². The van der Waals surface area contributed by atoms with Gasteiger partial charge in [-0.3, -0.25) is 0 Å². The van der Waals surface area contributed by atoms with Gasteiger partial charge in [0.1, 0.15) is 0 Å². The Bertz CT molecular complexity index is 258. The zero-order valence-corrected chi connectivity index (χ0v) is 9.00. The molecule has 0 fully saturated rings. The number of hydrogen-bond donors (Lipinski definition) is 1. The van der Waals surface area contributed by atoms with Gasteiger partial charge >= 0.3 is 0 Å². The van der Waals surface area contributed by atoms with E-state index in [4.69, 9.17) is 5.11 Å². The van der Waals surface area contributed by atoms with Crippen molar-refractivity contribution in [1.29, 1.82) is 0 Å². The summed E-state index contributed by atoms with van der Waals surface area (Å²) >= 11 is 0. The van der Waals surface area contributed by atoms with Crippen LogP contribution in [-0.4, -0.2) is 11.1 Å². The van der Waals surface area contributed by atoms with Crippen molar-refractivity contribution in [3.8, 4) is 0 Å². The van der Waals surface area contributed by atoms with E-state index in [1.54, 1.807) is 12.1 Å². The molecular weight excluding hydrogens is 217 g/mol. The topological polar surface area (TPSA) is 37.3 Å². The largest absolute Gasteiger partial charge is 0.521 e. The molecule has 0 aromatic heterocycles. The van der Waals surface area contributed by atoms with Gasteiger partial charge in [0, 0.05) is 32.7 Å². The van der Waals surface area contributed by atoms with Gasteiger partial charge in [0.05, 0.1) is 0 Å². The summed E-state index contributed by atoms with van der Waals surface area (Å²) in [6.07, 6.45) is 0. The molecule has 1 N–H and O–H groups in total. The van der Waals surface area contributed by atoms with Gasteiger partial charge in [-0.2, -0.15) is 0 Å². The Labute approximate surface area is 90.5 Å². The molecule has 55 valence electrons. The average molecular weight is 224 g/mol. The van der Waals surface area contributed by atoms with Crippen LogP contribution in [0.1, 0.15) is 15.9 Å². The van der Waals surface area contributed by atoms with Crippen molar-refractivity contribution < 1.29 is 42.6 Å². The Hall–Kier alpha value is -0.206. The SMILES string of the molecule is Cc1cc[c-]c(C(=O)O)c1.[Y]. The summed E-state index contributed by atoms with van der Waals surface area (Å²) in [6.45, 7) is 1.85. The van der Waals surface area contributed by atoms with Crippen LogP contribution in [0.5, 0.6) is 0 Å². The summed E-state index contributed by atoms with van der Waals surface area (Å²) in [7, 11) is 0. The maximum atomic E-state index is 10.3.